The first kappa shape index (κ1) is 25.4. The molecule has 0 fully saturated rings. The fraction of sp³-hybridized carbons (Fsp3) is 0.583. The van der Waals surface area contributed by atoms with Crippen molar-refractivity contribution in [3.8, 4) is 0 Å². The highest BCUT2D eigenvalue weighted by Gasteiger charge is 2.41. The number of rotatable bonds is 15. The average molecular weight is 451 g/mol. The summed E-state index contributed by atoms with van der Waals surface area (Å²) in [6, 6.07) is 7.07. The number of benzene rings is 1. The summed E-state index contributed by atoms with van der Waals surface area (Å²) < 4.78 is 10.5. The molecule has 1 aromatic carbocycles. The Kier molecular flexibility index (Phi) is 11.1. The number of ether oxygens (including phenoxy) is 2. The Morgan fingerprint density at radius 2 is 1.45 bits per heavy atom. The maximum absolute atomic E-state index is 13.4. The highest BCUT2D eigenvalue weighted by molar-refractivity contribution is 6.36. The van der Waals surface area contributed by atoms with Gasteiger partial charge >= 0.3 is 0 Å². The Balaban J connectivity index is 2.28. The quantitative estimate of drug-likeness (QED) is 0.293. The lowest BCUT2D eigenvalue weighted by atomic mass is 10.0. The standard InChI is InChI=1S/C24H35ClN2O4/c1-4-5-6-7-8-9-14-27-23(28)21(19-10-12-20(25)13-11-19)22(24(27)29)26(15-17-30-2)16-18-31-3/h10-13H,4-9,14-18H2,1-3H3. The zero-order valence-electron chi connectivity index (χ0n) is 19.0. The van der Waals surface area contributed by atoms with E-state index < -0.39 is 0 Å². The molecule has 2 amide bonds. The first-order chi connectivity index (χ1) is 15.0. The molecule has 2 rings (SSSR count). The molecular formula is C24H35ClN2O4. The van der Waals surface area contributed by atoms with Gasteiger partial charge in [0.05, 0.1) is 18.8 Å². The summed E-state index contributed by atoms with van der Waals surface area (Å²) in [5.74, 6) is -0.480. The molecule has 0 aliphatic carbocycles. The van der Waals surface area contributed by atoms with Crippen LogP contribution >= 0.6 is 11.6 Å². The molecule has 0 N–H and O–H groups in total. The molecule has 0 radical (unpaired) electrons. The minimum Gasteiger partial charge on any atom is -0.383 e. The fourth-order valence-electron chi connectivity index (χ4n) is 3.73. The number of nitrogens with zero attached hydrogens (tertiary/aromatic N) is 2. The predicted molar refractivity (Wildman–Crippen MR) is 124 cm³/mol. The number of imide groups is 1. The molecule has 1 heterocycles. The Bertz CT molecular complexity index is 740. The van der Waals surface area contributed by atoms with Crippen LogP contribution in [0, 0.1) is 0 Å². The van der Waals surface area contributed by atoms with Gasteiger partial charge in [-0.25, -0.2) is 0 Å². The van der Waals surface area contributed by atoms with Crippen LogP contribution in [0.25, 0.3) is 5.57 Å². The maximum Gasteiger partial charge on any atom is 0.277 e. The zero-order valence-corrected chi connectivity index (χ0v) is 19.7. The molecule has 0 saturated carbocycles. The number of halogens is 1. The van der Waals surface area contributed by atoms with Gasteiger partial charge in [0, 0.05) is 38.9 Å². The van der Waals surface area contributed by atoms with E-state index in [9.17, 15) is 9.59 Å². The van der Waals surface area contributed by atoms with E-state index in [4.69, 9.17) is 21.1 Å². The zero-order chi connectivity index (χ0) is 22.6. The lowest BCUT2D eigenvalue weighted by Crippen LogP contribution is -2.38. The lowest BCUT2D eigenvalue weighted by molar-refractivity contribution is -0.137. The average Bonchev–Trinajstić information content (AvgIpc) is 3.01. The predicted octanol–water partition coefficient (Wildman–Crippen LogP) is 4.38. The van der Waals surface area contributed by atoms with Crippen molar-refractivity contribution in [2.24, 2.45) is 0 Å². The smallest absolute Gasteiger partial charge is 0.277 e. The Morgan fingerprint density at radius 3 is 2.03 bits per heavy atom. The van der Waals surface area contributed by atoms with Crippen molar-refractivity contribution < 1.29 is 19.1 Å². The molecule has 0 aromatic heterocycles. The van der Waals surface area contributed by atoms with E-state index in [-0.39, 0.29) is 11.8 Å². The summed E-state index contributed by atoms with van der Waals surface area (Å²) in [6.07, 6.45) is 6.57. The molecule has 7 heteroatoms. The van der Waals surface area contributed by atoms with Crippen LogP contribution in [0.3, 0.4) is 0 Å². The molecule has 0 unspecified atom stereocenters. The van der Waals surface area contributed by atoms with Crippen molar-refractivity contribution in [2.45, 2.75) is 45.4 Å². The number of carbonyl (C=O) groups excluding carboxylic acids is 2. The molecule has 1 aliphatic rings. The van der Waals surface area contributed by atoms with Crippen LogP contribution in [0.1, 0.15) is 51.0 Å². The van der Waals surface area contributed by atoms with Gasteiger partial charge in [0.2, 0.25) is 0 Å². The van der Waals surface area contributed by atoms with Gasteiger partial charge < -0.3 is 14.4 Å². The Hall–Kier alpha value is -1.89. The van der Waals surface area contributed by atoms with Crippen LogP contribution in [-0.4, -0.2) is 68.7 Å². The number of hydrogen-bond acceptors (Lipinski definition) is 5. The van der Waals surface area contributed by atoms with Crippen molar-refractivity contribution >= 4 is 29.0 Å². The molecule has 31 heavy (non-hydrogen) atoms. The van der Waals surface area contributed by atoms with Crippen LogP contribution in [0.15, 0.2) is 30.0 Å². The summed E-state index contributed by atoms with van der Waals surface area (Å²) in [4.78, 5) is 30.0. The Labute approximate surface area is 191 Å². The van der Waals surface area contributed by atoms with E-state index in [2.05, 4.69) is 6.92 Å². The van der Waals surface area contributed by atoms with Crippen molar-refractivity contribution in [1.82, 2.24) is 9.80 Å². The van der Waals surface area contributed by atoms with E-state index in [1.54, 1.807) is 38.5 Å². The largest absolute Gasteiger partial charge is 0.383 e. The lowest BCUT2D eigenvalue weighted by Gasteiger charge is -2.25. The third-order valence-corrected chi connectivity index (χ3v) is 5.71. The second-order valence-corrected chi connectivity index (χ2v) is 8.17. The van der Waals surface area contributed by atoms with Crippen molar-refractivity contribution in [3.05, 3.63) is 40.5 Å². The van der Waals surface area contributed by atoms with Crippen LogP contribution in [0.2, 0.25) is 5.02 Å². The second kappa shape index (κ2) is 13.5. The van der Waals surface area contributed by atoms with E-state index in [1.807, 2.05) is 4.90 Å². The van der Waals surface area contributed by atoms with Crippen LogP contribution < -0.4 is 0 Å². The van der Waals surface area contributed by atoms with Gasteiger partial charge in [-0.05, 0) is 24.1 Å². The monoisotopic (exact) mass is 450 g/mol. The van der Waals surface area contributed by atoms with E-state index in [0.29, 0.717) is 54.7 Å². The molecule has 0 bridgehead atoms. The molecule has 172 valence electrons. The number of unbranched alkanes of at least 4 members (excludes halogenated alkanes) is 5. The first-order valence-corrected chi connectivity index (χ1v) is 11.5. The molecule has 1 aliphatic heterocycles. The van der Waals surface area contributed by atoms with Crippen LogP contribution in [-0.2, 0) is 19.1 Å². The molecule has 0 spiro atoms. The summed E-state index contributed by atoms with van der Waals surface area (Å²) in [5.41, 5.74) is 1.55. The summed E-state index contributed by atoms with van der Waals surface area (Å²) >= 11 is 6.05. The number of hydrogen-bond donors (Lipinski definition) is 0. The second-order valence-electron chi connectivity index (χ2n) is 7.73. The van der Waals surface area contributed by atoms with E-state index >= 15 is 0 Å². The van der Waals surface area contributed by atoms with Gasteiger partial charge in [-0.2, -0.15) is 0 Å². The third-order valence-electron chi connectivity index (χ3n) is 5.46. The minimum atomic E-state index is -0.240. The normalized spacial score (nSPS) is 14.1. The van der Waals surface area contributed by atoms with E-state index in [1.165, 1.54) is 24.2 Å². The number of amides is 2. The molecule has 0 saturated heterocycles. The molecule has 1 aromatic rings. The van der Waals surface area contributed by atoms with Gasteiger partial charge in [0.15, 0.2) is 0 Å². The van der Waals surface area contributed by atoms with Crippen molar-refractivity contribution in [2.75, 3.05) is 47.1 Å². The maximum atomic E-state index is 13.4. The summed E-state index contributed by atoms with van der Waals surface area (Å²) in [5, 5.41) is 0.585. The fourth-order valence-corrected chi connectivity index (χ4v) is 3.85. The molecular weight excluding hydrogens is 416 g/mol. The van der Waals surface area contributed by atoms with Crippen LogP contribution in [0.4, 0.5) is 0 Å². The minimum absolute atomic E-state index is 0.240. The topological polar surface area (TPSA) is 59.1 Å². The van der Waals surface area contributed by atoms with Gasteiger partial charge in [-0.1, -0.05) is 62.8 Å². The van der Waals surface area contributed by atoms with Gasteiger partial charge in [0.25, 0.3) is 11.8 Å². The summed E-state index contributed by atoms with van der Waals surface area (Å²) in [6.45, 7) is 4.51. The Morgan fingerprint density at radius 1 is 0.871 bits per heavy atom. The van der Waals surface area contributed by atoms with Crippen molar-refractivity contribution in [3.63, 3.8) is 0 Å². The highest BCUT2D eigenvalue weighted by atomic mass is 35.5. The van der Waals surface area contributed by atoms with Gasteiger partial charge in [-0.3, -0.25) is 14.5 Å². The molecule has 6 nitrogen and oxygen atoms in total. The summed E-state index contributed by atoms with van der Waals surface area (Å²) in [7, 11) is 3.24. The van der Waals surface area contributed by atoms with Crippen molar-refractivity contribution in [1.29, 1.82) is 0 Å². The SMILES string of the molecule is CCCCCCCCN1C(=O)C(c2ccc(Cl)cc2)=C(N(CCOC)CCOC)C1=O. The highest BCUT2D eigenvalue weighted by Crippen LogP contribution is 2.32. The van der Waals surface area contributed by atoms with Gasteiger partial charge in [0.1, 0.15) is 5.70 Å². The molecule has 0 atom stereocenters. The van der Waals surface area contributed by atoms with Gasteiger partial charge in [-0.15, -0.1) is 0 Å². The van der Waals surface area contributed by atoms with E-state index in [0.717, 1.165) is 19.3 Å². The number of methoxy groups -OCH3 is 2. The first-order valence-electron chi connectivity index (χ1n) is 11.1. The third kappa shape index (κ3) is 7.06. The number of carbonyl (C=O) groups is 2. The van der Waals surface area contributed by atoms with Crippen LogP contribution in [0.5, 0.6) is 0 Å².